The molecule has 0 spiro atoms. The predicted octanol–water partition coefficient (Wildman–Crippen LogP) is 3.68. The highest BCUT2D eigenvalue weighted by Crippen LogP contribution is 2.38. The average Bonchev–Trinajstić information content (AvgIpc) is 3.01. The number of aliphatic imine (C=N–C) groups is 1. The van der Waals surface area contributed by atoms with Gasteiger partial charge in [0.2, 0.25) is 0 Å². The SMILES string of the molecule is Cc1cnc(C2=NC(CBr)=C(C(=O)O)C(c3ccc(F)cc3Cl)N2C)[nH]1. The lowest BCUT2D eigenvalue weighted by Gasteiger charge is -2.35. The van der Waals surface area contributed by atoms with Crippen molar-refractivity contribution in [3.63, 3.8) is 0 Å². The van der Waals surface area contributed by atoms with Crippen molar-refractivity contribution in [2.75, 3.05) is 12.4 Å². The third-order valence-electron chi connectivity index (χ3n) is 4.08. The third-order valence-corrected chi connectivity index (χ3v) is 4.93. The number of hydrogen-bond donors (Lipinski definition) is 2. The Kier molecular flexibility index (Phi) is 5.15. The van der Waals surface area contributed by atoms with E-state index in [-0.39, 0.29) is 15.9 Å². The summed E-state index contributed by atoms with van der Waals surface area (Å²) < 4.78 is 13.5. The Morgan fingerprint density at radius 2 is 2.23 bits per heavy atom. The number of amidine groups is 1. The lowest BCUT2D eigenvalue weighted by atomic mass is 9.94. The number of benzene rings is 1. The Bertz CT molecular complexity index is 941. The first kappa shape index (κ1) is 18.6. The van der Waals surface area contributed by atoms with E-state index in [2.05, 4.69) is 30.9 Å². The highest BCUT2D eigenvalue weighted by molar-refractivity contribution is 9.09. The molecule has 2 heterocycles. The standard InChI is InChI=1S/C17H15BrClFN4O2/c1-8-7-21-15(22-8)16-23-12(6-18)13(17(25)26)14(24(16)2)10-4-3-9(20)5-11(10)19/h3-5,7,14H,6H2,1-2H3,(H,21,22)(H,25,26). The van der Waals surface area contributed by atoms with Crippen LogP contribution < -0.4 is 0 Å². The van der Waals surface area contributed by atoms with Crippen LogP contribution in [0.2, 0.25) is 5.02 Å². The molecule has 1 atom stereocenters. The number of likely N-dealkylation sites (N-methyl/N-ethyl adjacent to an activating group) is 1. The van der Waals surface area contributed by atoms with Crippen molar-refractivity contribution in [3.05, 3.63) is 63.6 Å². The molecule has 0 radical (unpaired) electrons. The topological polar surface area (TPSA) is 81.6 Å². The van der Waals surface area contributed by atoms with Crippen molar-refractivity contribution in [3.8, 4) is 0 Å². The molecule has 1 aromatic carbocycles. The number of aromatic nitrogens is 2. The van der Waals surface area contributed by atoms with Crippen LogP contribution in [0.5, 0.6) is 0 Å². The summed E-state index contributed by atoms with van der Waals surface area (Å²) in [5.74, 6) is -0.622. The summed E-state index contributed by atoms with van der Waals surface area (Å²) in [4.78, 5) is 25.5. The quantitative estimate of drug-likeness (QED) is 0.709. The van der Waals surface area contributed by atoms with Crippen LogP contribution in [0, 0.1) is 12.7 Å². The summed E-state index contributed by atoms with van der Waals surface area (Å²) in [6.45, 7) is 1.86. The van der Waals surface area contributed by atoms with Crippen molar-refractivity contribution < 1.29 is 14.3 Å². The van der Waals surface area contributed by atoms with Gasteiger partial charge in [-0.1, -0.05) is 33.6 Å². The first-order valence-electron chi connectivity index (χ1n) is 7.64. The molecule has 1 aliphatic rings. The van der Waals surface area contributed by atoms with Crippen LogP contribution in [-0.2, 0) is 4.79 Å². The summed E-state index contributed by atoms with van der Waals surface area (Å²) in [5.41, 5.74) is 1.75. The number of rotatable bonds is 4. The molecule has 0 saturated carbocycles. The summed E-state index contributed by atoms with van der Waals surface area (Å²) in [6.07, 6.45) is 1.66. The van der Waals surface area contributed by atoms with E-state index in [0.717, 1.165) is 5.69 Å². The lowest BCUT2D eigenvalue weighted by Crippen LogP contribution is -2.39. The second kappa shape index (κ2) is 7.20. The maximum absolute atomic E-state index is 13.5. The molecular formula is C17H15BrClFN4O2. The van der Waals surface area contributed by atoms with Crippen LogP contribution in [0.1, 0.15) is 23.1 Å². The molecule has 136 valence electrons. The highest BCUT2D eigenvalue weighted by atomic mass is 79.9. The molecule has 0 fully saturated rings. The molecule has 1 aromatic heterocycles. The van der Waals surface area contributed by atoms with E-state index < -0.39 is 17.8 Å². The first-order valence-corrected chi connectivity index (χ1v) is 9.14. The fourth-order valence-electron chi connectivity index (χ4n) is 2.92. The number of carboxylic acids is 1. The number of nitrogens with zero attached hydrogens (tertiary/aromatic N) is 3. The van der Waals surface area contributed by atoms with Gasteiger partial charge in [0.05, 0.1) is 17.3 Å². The number of imidazole rings is 1. The van der Waals surface area contributed by atoms with Gasteiger partial charge in [0.25, 0.3) is 0 Å². The van der Waals surface area contributed by atoms with Crippen molar-refractivity contribution >= 4 is 39.3 Å². The fraction of sp³-hybridized carbons (Fsp3) is 0.235. The van der Waals surface area contributed by atoms with Gasteiger partial charge < -0.3 is 15.0 Å². The van der Waals surface area contributed by atoms with E-state index in [0.29, 0.717) is 22.9 Å². The molecule has 1 unspecified atom stereocenters. The van der Waals surface area contributed by atoms with Gasteiger partial charge in [-0.3, -0.25) is 0 Å². The number of H-pyrrole nitrogens is 1. The van der Waals surface area contributed by atoms with E-state index in [9.17, 15) is 14.3 Å². The number of alkyl halides is 1. The first-order chi connectivity index (χ1) is 12.3. The van der Waals surface area contributed by atoms with Crippen LogP contribution in [0.25, 0.3) is 0 Å². The molecule has 0 aliphatic carbocycles. The van der Waals surface area contributed by atoms with E-state index in [1.165, 1.54) is 18.2 Å². The second-order valence-electron chi connectivity index (χ2n) is 5.83. The molecule has 6 nitrogen and oxygen atoms in total. The number of aryl methyl sites for hydroxylation is 1. The second-order valence-corrected chi connectivity index (χ2v) is 6.80. The monoisotopic (exact) mass is 440 g/mol. The Hall–Kier alpha value is -2.19. The minimum atomic E-state index is -1.12. The van der Waals surface area contributed by atoms with Crippen molar-refractivity contribution in [1.82, 2.24) is 14.9 Å². The fourth-order valence-corrected chi connectivity index (χ4v) is 3.61. The van der Waals surface area contributed by atoms with Crippen LogP contribution in [-0.4, -0.2) is 44.2 Å². The number of aromatic amines is 1. The Morgan fingerprint density at radius 3 is 2.77 bits per heavy atom. The molecule has 2 aromatic rings. The zero-order valence-corrected chi connectivity index (χ0v) is 16.3. The summed E-state index contributed by atoms with van der Waals surface area (Å²) in [6, 6.07) is 3.17. The van der Waals surface area contributed by atoms with Crippen LogP contribution in [0.4, 0.5) is 4.39 Å². The normalized spacial score (nSPS) is 17.5. The maximum Gasteiger partial charge on any atom is 0.335 e. The minimum absolute atomic E-state index is 0.0740. The van der Waals surface area contributed by atoms with Crippen LogP contribution >= 0.6 is 27.5 Å². The largest absolute Gasteiger partial charge is 0.478 e. The van der Waals surface area contributed by atoms with Crippen LogP contribution in [0.15, 0.2) is 40.7 Å². The van der Waals surface area contributed by atoms with E-state index in [1.807, 2.05) is 6.92 Å². The maximum atomic E-state index is 13.5. The highest BCUT2D eigenvalue weighted by Gasteiger charge is 2.37. The number of carboxylic acid groups (broad SMARTS) is 1. The number of hydrogen-bond acceptors (Lipinski definition) is 4. The van der Waals surface area contributed by atoms with Gasteiger partial charge in [0.15, 0.2) is 11.7 Å². The molecule has 1 aliphatic heterocycles. The Balaban J connectivity index is 2.23. The van der Waals surface area contributed by atoms with Crippen LogP contribution in [0.3, 0.4) is 0 Å². The zero-order chi connectivity index (χ0) is 19.0. The molecule has 0 amide bonds. The molecule has 9 heteroatoms. The number of carbonyl (C=O) groups is 1. The predicted molar refractivity (Wildman–Crippen MR) is 100 cm³/mol. The van der Waals surface area contributed by atoms with Gasteiger partial charge in [0, 0.05) is 29.3 Å². The number of allylic oxidation sites excluding steroid dienone is 1. The lowest BCUT2D eigenvalue weighted by molar-refractivity contribution is -0.133. The Morgan fingerprint density at radius 1 is 1.50 bits per heavy atom. The average molecular weight is 442 g/mol. The summed E-state index contributed by atoms with van der Waals surface area (Å²) >= 11 is 9.53. The molecule has 2 N–H and O–H groups in total. The third kappa shape index (κ3) is 3.26. The van der Waals surface area contributed by atoms with Crippen molar-refractivity contribution in [1.29, 1.82) is 0 Å². The molecule has 3 rings (SSSR count). The van der Waals surface area contributed by atoms with Gasteiger partial charge >= 0.3 is 5.97 Å². The number of halogens is 3. The van der Waals surface area contributed by atoms with Crippen molar-refractivity contribution in [2.45, 2.75) is 13.0 Å². The van der Waals surface area contributed by atoms with Gasteiger partial charge in [-0.15, -0.1) is 0 Å². The molecular weight excluding hydrogens is 427 g/mol. The van der Waals surface area contributed by atoms with E-state index in [1.54, 1.807) is 18.1 Å². The van der Waals surface area contributed by atoms with Gasteiger partial charge in [-0.05, 0) is 24.6 Å². The van der Waals surface area contributed by atoms with Crippen molar-refractivity contribution in [2.24, 2.45) is 4.99 Å². The summed E-state index contributed by atoms with van der Waals surface area (Å²) in [5, 5.41) is 10.2. The van der Waals surface area contributed by atoms with Gasteiger partial charge in [-0.2, -0.15) is 0 Å². The molecule has 0 bridgehead atoms. The zero-order valence-electron chi connectivity index (χ0n) is 13.9. The minimum Gasteiger partial charge on any atom is -0.478 e. The van der Waals surface area contributed by atoms with E-state index >= 15 is 0 Å². The molecule has 26 heavy (non-hydrogen) atoms. The summed E-state index contributed by atoms with van der Waals surface area (Å²) in [7, 11) is 1.70. The Labute approximate surface area is 162 Å². The number of nitrogens with one attached hydrogen (secondary N) is 1. The number of aliphatic carboxylic acids is 1. The van der Waals surface area contributed by atoms with Gasteiger partial charge in [0.1, 0.15) is 5.82 Å². The van der Waals surface area contributed by atoms with Gasteiger partial charge in [-0.25, -0.2) is 19.2 Å². The smallest absolute Gasteiger partial charge is 0.335 e. The van der Waals surface area contributed by atoms with E-state index in [4.69, 9.17) is 11.6 Å². The molecule has 0 saturated heterocycles.